The summed E-state index contributed by atoms with van der Waals surface area (Å²) in [5.74, 6) is 0.936. The van der Waals surface area contributed by atoms with E-state index in [9.17, 15) is 0 Å². The van der Waals surface area contributed by atoms with Gasteiger partial charge < -0.3 is 19.4 Å². The summed E-state index contributed by atoms with van der Waals surface area (Å²) in [5, 5.41) is 4.55. The number of benzene rings is 1. The van der Waals surface area contributed by atoms with Crippen LogP contribution in [0.4, 0.5) is 0 Å². The van der Waals surface area contributed by atoms with E-state index in [4.69, 9.17) is 9.15 Å². The molecule has 110 valence electrons. The zero-order valence-corrected chi connectivity index (χ0v) is 12.6. The Morgan fingerprint density at radius 1 is 1.25 bits per heavy atom. The van der Waals surface area contributed by atoms with Gasteiger partial charge in [0.15, 0.2) is 0 Å². The highest BCUT2D eigenvalue weighted by molar-refractivity contribution is 5.82. The summed E-state index contributed by atoms with van der Waals surface area (Å²) < 4.78 is 11.6. The van der Waals surface area contributed by atoms with E-state index >= 15 is 0 Å². The molecular formula is C16H24N2O2. The molecule has 0 aliphatic heterocycles. The molecule has 1 aromatic heterocycles. The van der Waals surface area contributed by atoms with Crippen molar-refractivity contribution < 1.29 is 9.15 Å². The average molecular weight is 276 g/mol. The van der Waals surface area contributed by atoms with E-state index < -0.39 is 0 Å². The number of rotatable bonds is 8. The van der Waals surface area contributed by atoms with Gasteiger partial charge in [0.1, 0.15) is 18.0 Å². The minimum atomic E-state index is 0.531. The summed E-state index contributed by atoms with van der Waals surface area (Å²) in [6.07, 6.45) is 0. The molecule has 0 radical (unpaired) electrons. The van der Waals surface area contributed by atoms with Crippen LogP contribution in [-0.2, 0) is 17.9 Å². The second-order valence-electron chi connectivity index (χ2n) is 5.14. The van der Waals surface area contributed by atoms with Crippen molar-refractivity contribution in [2.75, 3.05) is 33.8 Å². The van der Waals surface area contributed by atoms with E-state index in [0.717, 1.165) is 31.0 Å². The van der Waals surface area contributed by atoms with Gasteiger partial charge in [-0.3, -0.25) is 0 Å². The Morgan fingerprint density at radius 2 is 2.05 bits per heavy atom. The summed E-state index contributed by atoms with van der Waals surface area (Å²) in [6, 6.07) is 8.16. The van der Waals surface area contributed by atoms with Gasteiger partial charge in [-0.15, -0.1) is 0 Å². The van der Waals surface area contributed by atoms with E-state index in [2.05, 4.69) is 23.2 Å². The third-order valence-corrected chi connectivity index (χ3v) is 3.25. The van der Waals surface area contributed by atoms with Gasteiger partial charge in [-0.1, -0.05) is 25.1 Å². The SMILES string of the molecule is CCNCc1c(COCCN(C)C)oc2ccccc12. The van der Waals surface area contributed by atoms with Crippen LogP contribution in [-0.4, -0.2) is 38.7 Å². The van der Waals surface area contributed by atoms with Crippen LogP contribution in [0.15, 0.2) is 28.7 Å². The molecule has 4 heteroatoms. The fourth-order valence-electron chi connectivity index (χ4n) is 2.12. The first kappa shape index (κ1) is 15.0. The highest BCUT2D eigenvalue weighted by Crippen LogP contribution is 2.26. The monoisotopic (exact) mass is 276 g/mol. The maximum absolute atomic E-state index is 5.92. The molecule has 0 bridgehead atoms. The Bertz CT molecular complexity index is 534. The van der Waals surface area contributed by atoms with Crippen LogP contribution >= 0.6 is 0 Å². The van der Waals surface area contributed by atoms with Gasteiger partial charge in [0.05, 0.1) is 6.61 Å². The number of hydrogen-bond donors (Lipinski definition) is 1. The lowest BCUT2D eigenvalue weighted by atomic mass is 10.1. The quantitative estimate of drug-likeness (QED) is 0.752. The van der Waals surface area contributed by atoms with Crippen molar-refractivity contribution in [3.8, 4) is 0 Å². The van der Waals surface area contributed by atoms with Crippen molar-refractivity contribution in [2.24, 2.45) is 0 Å². The standard InChI is InChI=1S/C16H24N2O2/c1-4-17-11-14-13-7-5-6-8-15(13)20-16(14)12-19-10-9-18(2)3/h5-8,17H,4,9-12H2,1-3H3. The van der Waals surface area contributed by atoms with Gasteiger partial charge in [0.25, 0.3) is 0 Å². The van der Waals surface area contributed by atoms with Gasteiger partial charge >= 0.3 is 0 Å². The van der Waals surface area contributed by atoms with E-state index in [0.29, 0.717) is 13.2 Å². The Kier molecular flexibility index (Phi) is 5.59. The van der Waals surface area contributed by atoms with Crippen LogP contribution in [0.2, 0.25) is 0 Å². The second-order valence-corrected chi connectivity index (χ2v) is 5.14. The van der Waals surface area contributed by atoms with Crippen LogP contribution < -0.4 is 5.32 Å². The molecule has 1 aromatic carbocycles. The van der Waals surface area contributed by atoms with Gasteiger partial charge in [-0.2, -0.15) is 0 Å². The average Bonchev–Trinajstić information content (AvgIpc) is 2.79. The van der Waals surface area contributed by atoms with Crippen molar-refractivity contribution in [1.82, 2.24) is 10.2 Å². The molecule has 0 saturated heterocycles. The number of furan rings is 1. The first-order valence-corrected chi connectivity index (χ1v) is 7.14. The summed E-state index contributed by atoms with van der Waals surface area (Å²) in [7, 11) is 4.09. The van der Waals surface area contributed by atoms with Crippen molar-refractivity contribution in [3.63, 3.8) is 0 Å². The van der Waals surface area contributed by atoms with Crippen molar-refractivity contribution in [1.29, 1.82) is 0 Å². The van der Waals surface area contributed by atoms with Gasteiger partial charge in [0.2, 0.25) is 0 Å². The highest BCUT2D eigenvalue weighted by Gasteiger charge is 2.13. The van der Waals surface area contributed by atoms with Crippen molar-refractivity contribution in [2.45, 2.75) is 20.1 Å². The molecule has 0 amide bonds. The molecule has 1 N–H and O–H groups in total. The molecule has 1 heterocycles. The molecule has 0 atom stereocenters. The molecule has 0 saturated carbocycles. The second kappa shape index (κ2) is 7.43. The fraction of sp³-hybridized carbons (Fsp3) is 0.500. The van der Waals surface area contributed by atoms with Crippen molar-refractivity contribution in [3.05, 3.63) is 35.6 Å². The zero-order valence-electron chi connectivity index (χ0n) is 12.6. The number of para-hydroxylation sites is 1. The largest absolute Gasteiger partial charge is 0.458 e. The molecule has 4 nitrogen and oxygen atoms in total. The minimum Gasteiger partial charge on any atom is -0.458 e. The molecule has 2 rings (SSSR count). The van der Waals surface area contributed by atoms with Crippen LogP contribution in [0.1, 0.15) is 18.2 Å². The van der Waals surface area contributed by atoms with Crippen LogP contribution in [0, 0.1) is 0 Å². The third-order valence-electron chi connectivity index (χ3n) is 3.25. The molecule has 2 aromatic rings. The van der Waals surface area contributed by atoms with Crippen LogP contribution in [0.5, 0.6) is 0 Å². The van der Waals surface area contributed by atoms with Crippen LogP contribution in [0.25, 0.3) is 11.0 Å². The first-order chi connectivity index (χ1) is 9.72. The summed E-state index contributed by atoms with van der Waals surface area (Å²) >= 11 is 0. The normalized spacial score (nSPS) is 11.6. The topological polar surface area (TPSA) is 37.6 Å². The van der Waals surface area contributed by atoms with Crippen molar-refractivity contribution >= 4 is 11.0 Å². The Morgan fingerprint density at radius 3 is 2.80 bits per heavy atom. The molecule has 0 aliphatic carbocycles. The number of ether oxygens (including phenoxy) is 1. The third kappa shape index (κ3) is 3.82. The predicted molar refractivity (Wildman–Crippen MR) is 81.8 cm³/mol. The number of nitrogens with one attached hydrogen (secondary N) is 1. The maximum atomic E-state index is 5.92. The Labute approximate surface area is 120 Å². The molecule has 0 spiro atoms. The summed E-state index contributed by atoms with van der Waals surface area (Å²) in [4.78, 5) is 2.11. The Hall–Kier alpha value is -1.36. The smallest absolute Gasteiger partial charge is 0.135 e. The number of hydrogen-bond acceptors (Lipinski definition) is 4. The molecule has 0 fully saturated rings. The highest BCUT2D eigenvalue weighted by atomic mass is 16.5. The first-order valence-electron chi connectivity index (χ1n) is 7.14. The molecule has 0 aliphatic rings. The zero-order chi connectivity index (χ0) is 14.4. The lowest BCUT2D eigenvalue weighted by Gasteiger charge is -2.09. The van der Waals surface area contributed by atoms with Gasteiger partial charge in [-0.25, -0.2) is 0 Å². The number of fused-ring (bicyclic) bond motifs is 1. The maximum Gasteiger partial charge on any atom is 0.135 e. The molecule has 0 unspecified atom stereocenters. The van der Waals surface area contributed by atoms with E-state index in [1.807, 2.05) is 32.3 Å². The summed E-state index contributed by atoms with van der Waals surface area (Å²) in [6.45, 7) is 6.03. The summed E-state index contributed by atoms with van der Waals surface area (Å²) in [5.41, 5.74) is 2.15. The molecular weight excluding hydrogens is 252 g/mol. The van der Waals surface area contributed by atoms with E-state index in [1.54, 1.807) is 0 Å². The van der Waals surface area contributed by atoms with E-state index in [-0.39, 0.29) is 0 Å². The number of likely N-dealkylation sites (N-methyl/N-ethyl adjacent to an activating group) is 1. The fourth-order valence-corrected chi connectivity index (χ4v) is 2.12. The lowest BCUT2D eigenvalue weighted by molar-refractivity contribution is 0.0929. The van der Waals surface area contributed by atoms with Crippen LogP contribution in [0.3, 0.4) is 0 Å². The van der Waals surface area contributed by atoms with Gasteiger partial charge in [0, 0.05) is 24.0 Å². The molecule has 20 heavy (non-hydrogen) atoms. The van der Waals surface area contributed by atoms with E-state index in [1.165, 1.54) is 10.9 Å². The predicted octanol–water partition coefficient (Wildman–Crippen LogP) is 2.62. The Balaban J connectivity index is 2.09. The van der Waals surface area contributed by atoms with Gasteiger partial charge in [-0.05, 0) is 26.7 Å². The number of nitrogens with zero attached hydrogens (tertiary/aromatic N) is 1. The minimum absolute atomic E-state index is 0.531. The lowest BCUT2D eigenvalue weighted by Crippen LogP contribution is -2.18.